The van der Waals surface area contributed by atoms with Gasteiger partial charge in [-0.05, 0) is 6.42 Å². The summed E-state index contributed by atoms with van der Waals surface area (Å²) in [7, 11) is 0. The summed E-state index contributed by atoms with van der Waals surface area (Å²) in [5.41, 5.74) is 5.61. The molecular weight excluding hydrogens is 140 g/mol. The van der Waals surface area contributed by atoms with Gasteiger partial charge in [0.1, 0.15) is 0 Å². The van der Waals surface area contributed by atoms with E-state index in [9.17, 15) is 4.79 Å². The van der Waals surface area contributed by atoms with E-state index in [1.165, 1.54) is 0 Å². The van der Waals surface area contributed by atoms with Crippen LogP contribution in [-0.4, -0.2) is 18.5 Å². The predicted molar refractivity (Wildman–Crippen MR) is 46.1 cm³/mol. The van der Waals surface area contributed by atoms with Crippen LogP contribution < -0.4 is 11.1 Å². The molecule has 3 N–H and O–H groups in total. The Hall–Kier alpha value is -0.570. The molecule has 0 aliphatic carbocycles. The van der Waals surface area contributed by atoms with Gasteiger partial charge in [-0.25, -0.2) is 0 Å². The van der Waals surface area contributed by atoms with Gasteiger partial charge in [0, 0.05) is 12.6 Å². The number of amides is 1. The van der Waals surface area contributed by atoms with Gasteiger partial charge >= 0.3 is 0 Å². The molecule has 1 aliphatic heterocycles. The molecule has 1 heterocycles. The molecule has 0 aromatic rings. The Balaban J connectivity index is 0.000000461. The van der Waals surface area contributed by atoms with Crippen molar-refractivity contribution in [2.24, 2.45) is 11.7 Å². The summed E-state index contributed by atoms with van der Waals surface area (Å²) in [6, 6.07) is 0.0683. The maximum Gasteiger partial charge on any atom is 0.224 e. The number of hydrogen-bond donors (Lipinski definition) is 2. The van der Waals surface area contributed by atoms with Crippen molar-refractivity contribution in [3.8, 4) is 0 Å². The molecule has 66 valence electrons. The van der Waals surface area contributed by atoms with Crippen LogP contribution in [0.2, 0.25) is 0 Å². The molecule has 2 unspecified atom stereocenters. The topological polar surface area (TPSA) is 55.1 Å². The molecule has 0 radical (unpaired) electrons. The molecular formula is C8H18N2O. The van der Waals surface area contributed by atoms with Gasteiger partial charge in [0.05, 0.1) is 5.92 Å². The number of hydrogen-bond acceptors (Lipinski definition) is 2. The highest BCUT2D eigenvalue weighted by molar-refractivity contribution is 5.79. The zero-order valence-corrected chi connectivity index (χ0v) is 7.55. The standard InChI is InChI=1S/C6H12N2O.C2H6/c1-4-5(7)2-3-8-6(4)9;1-2/h4-5H,2-3,7H2,1H3,(H,8,9);1-2H3. The largest absolute Gasteiger partial charge is 0.356 e. The smallest absolute Gasteiger partial charge is 0.224 e. The maximum atomic E-state index is 10.8. The third-order valence-corrected chi connectivity index (χ3v) is 1.83. The number of piperidine rings is 1. The molecule has 3 nitrogen and oxygen atoms in total. The summed E-state index contributed by atoms with van der Waals surface area (Å²) >= 11 is 0. The van der Waals surface area contributed by atoms with Crippen molar-refractivity contribution in [3.05, 3.63) is 0 Å². The molecule has 1 rings (SSSR count). The van der Waals surface area contributed by atoms with E-state index >= 15 is 0 Å². The highest BCUT2D eigenvalue weighted by Gasteiger charge is 2.23. The fourth-order valence-electron chi connectivity index (χ4n) is 0.967. The van der Waals surface area contributed by atoms with E-state index in [0.29, 0.717) is 0 Å². The zero-order valence-electron chi connectivity index (χ0n) is 7.55. The number of nitrogens with two attached hydrogens (primary N) is 1. The van der Waals surface area contributed by atoms with E-state index in [-0.39, 0.29) is 17.9 Å². The van der Waals surface area contributed by atoms with Crippen LogP contribution in [0.3, 0.4) is 0 Å². The molecule has 1 amide bonds. The van der Waals surface area contributed by atoms with Crippen molar-refractivity contribution >= 4 is 5.91 Å². The van der Waals surface area contributed by atoms with Crippen molar-refractivity contribution in [1.29, 1.82) is 0 Å². The summed E-state index contributed by atoms with van der Waals surface area (Å²) in [5, 5.41) is 2.74. The summed E-state index contributed by atoms with van der Waals surface area (Å²) < 4.78 is 0. The highest BCUT2D eigenvalue weighted by Crippen LogP contribution is 2.07. The molecule has 1 saturated heterocycles. The van der Waals surface area contributed by atoms with E-state index < -0.39 is 0 Å². The lowest BCUT2D eigenvalue weighted by Gasteiger charge is -2.24. The van der Waals surface area contributed by atoms with Crippen LogP contribution in [0.1, 0.15) is 27.2 Å². The Bertz CT molecular complexity index is 125. The van der Waals surface area contributed by atoms with Crippen LogP contribution in [0.15, 0.2) is 0 Å². The van der Waals surface area contributed by atoms with Crippen LogP contribution in [0.25, 0.3) is 0 Å². The molecule has 0 bridgehead atoms. The Labute approximate surface area is 68.3 Å². The molecule has 2 atom stereocenters. The van der Waals surface area contributed by atoms with Crippen LogP contribution in [0, 0.1) is 5.92 Å². The second-order valence-electron chi connectivity index (χ2n) is 2.53. The minimum Gasteiger partial charge on any atom is -0.356 e. The lowest BCUT2D eigenvalue weighted by atomic mass is 9.96. The Morgan fingerprint density at radius 1 is 1.55 bits per heavy atom. The number of rotatable bonds is 0. The maximum absolute atomic E-state index is 10.8. The van der Waals surface area contributed by atoms with Crippen molar-refractivity contribution in [2.75, 3.05) is 6.54 Å². The summed E-state index contributed by atoms with van der Waals surface area (Å²) in [4.78, 5) is 10.8. The molecule has 0 aromatic carbocycles. The molecule has 1 fully saturated rings. The molecule has 1 aliphatic rings. The van der Waals surface area contributed by atoms with Gasteiger partial charge in [-0.3, -0.25) is 4.79 Å². The Morgan fingerprint density at radius 3 is 2.45 bits per heavy atom. The van der Waals surface area contributed by atoms with Gasteiger partial charge in [-0.1, -0.05) is 20.8 Å². The second-order valence-corrected chi connectivity index (χ2v) is 2.53. The van der Waals surface area contributed by atoms with E-state index in [1.54, 1.807) is 0 Å². The normalized spacial score (nSPS) is 30.0. The van der Waals surface area contributed by atoms with Gasteiger partial charge in [-0.2, -0.15) is 0 Å². The van der Waals surface area contributed by atoms with Crippen molar-refractivity contribution < 1.29 is 4.79 Å². The first-order chi connectivity index (χ1) is 5.22. The van der Waals surface area contributed by atoms with E-state index in [0.717, 1.165) is 13.0 Å². The van der Waals surface area contributed by atoms with Gasteiger partial charge in [0.25, 0.3) is 0 Å². The lowest BCUT2D eigenvalue weighted by molar-refractivity contribution is -0.126. The predicted octanol–water partition coefficient (Wildman–Crippen LogP) is 0.496. The molecule has 0 spiro atoms. The summed E-state index contributed by atoms with van der Waals surface area (Å²) in [6.45, 7) is 6.60. The number of carbonyl (C=O) groups is 1. The molecule has 0 aromatic heterocycles. The average molecular weight is 158 g/mol. The minimum atomic E-state index is -0.00116. The van der Waals surface area contributed by atoms with Gasteiger partial charge < -0.3 is 11.1 Å². The first-order valence-corrected chi connectivity index (χ1v) is 4.25. The molecule has 0 saturated carbocycles. The van der Waals surface area contributed by atoms with E-state index in [2.05, 4.69) is 5.32 Å². The van der Waals surface area contributed by atoms with Crippen molar-refractivity contribution in [3.63, 3.8) is 0 Å². The lowest BCUT2D eigenvalue weighted by Crippen LogP contribution is -2.47. The van der Waals surface area contributed by atoms with Crippen LogP contribution >= 0.6 is 0 Å². The molecule has 3 heteroatoms. The Kier molecular flexibility index (Phi) is 4.86. The minimum absolute atomic E-state index is 0.00116. The SMILES string of the molecule is CC.CC1C(=O)NCCC1N. The quantitative estimate of drug-likeness (QED) is 0.539. The van der Waals surface area contributed by atoms with Crippen LogP contribution in [-0.2, 0) is 4.79 Å². The summed E-state index contributed by atoms with van der Waals surface area (Å²) in [5.74, 6) is 0.0903. The van der Waals surface area contributed by atoms with Gasteiger partial charge in [-0.15, -0.1) is 0 Å². The fourth-order valence-corrected chi connectivity index (χ4v) is 0.967. The van der Waals surface area contributed by atoms with E-state index in [1.807, 2.05) is 20.8 Å². The number of carbonyl (C=O) groups excluding carboxylic acids is 1. The highest BCUT2D eigenvalue weighted by atomic mass is 16.1. The van der Waals surface area contributed by atoms with E-state index in [4.69, 9.17) is 5.73 Å². The van der Waals surface area contributed by atoms with Crippen LogP contribution in [0.4, 0.5) is 0 Å². The van der Waals surface area contributed by atoms with Crippen molar-refractivity contribution in [2.45, 2.75) is 33.2 Å². The van der Waals surface area contributed by atoms with Gasteiger partial charge in [0.2, 0.25) is 5.91 Å². The average Bonchev–Trinajstić information content (AvgIpc) is 2.04. The fraction of sp³-hybridized carbons (Fsp3) is 0.875. The monoisotopic (exact) mass is 158 g/mol. The first kappa shape index (κ1) is 10.4. The zero-order chi connectivity index (χ0) is 8.85. The summed E-state index contributed by atoms with van der Waals surface area (Å²) in [6.07, 6.45) is 0.910. The third-order valence-electron chi connectivity index (χ3n) is 1.83. The Morgan fingerprint density at radius 2 is 2.09 bits per heavy atom. The first-order valence-electron chi connectivity index (χ1n) is 4.25. The number of nitrogens with one attached hydrogen (secondary N) is 1. The van der Waals surface area contributed by atoms with Crippen LogP contribution in [0.5, 0.6) is 0 Å². The second kappa shape index (κ2) is 5.13. The molecule has 11 heavy (non-hydrogen) atoms. The third kappa shape index (κ3) is 2.89. The van der Waals surface area contributed by atoms with Gasteiger partial charge in [0.15, 0.2) is 0 Å². The van der Waals surface area contributed by atoms with Crippen molar-refractivity contribution in [1.82, 2.24) is 5.32 Å².